The highest BCUT2D eigenvalue weighted by molar-refractivity contribution is 14.0. The minimum absolute atomic E-state index is 0. The number of hydrogen-bond donors (Lipinski definition) is 3. The van der Waals surface area contributed by atoms with Gasteiger partial charge in [-0.05, 0) is 50.6 Å². The molecule has 30 heavy (non-hydrogen) atoms. The van der Waals surface area contributed by atoms with Gasteiger partial charge in [0.05, 0.1) is 25.3 Å². The number of hydrogen-bond acceptors (Lipinski definition) is 4. The molecule has 0 spiro atoms. The Morgan fingerprint density at radius 2 is 1.87 bits per heavy atom. The fourth-order valence-corrected chi connectivity index (χ4v) is 2.62. The van der Waals surface area contributed by atoms with Crippen LogP contribution in [0.1, 0.15) is 32.1 Å². The smallest absolute Gasteiger partial charge is 0.227 e. The summed E-state index contributed by atoms with van der Waals surface area (Å²) in [4.78, 5) is 16.9. The van der Waals surface area contributed by atoms with Crippen LogP contribution in [-0.4, -0.2) is 38.6 Å². The highest BCUT2D eigenvalue weighted by atomic mass is 127. The summed E-state index contributed by atoms with van der Waals surface area (Å²) in [5.41, 5.74) is 0.514. The lowest BCUT2D eigenvalue weighted by Crippen LogP contribution is -2.48. The molecule has 1 aromatic heterocycles. The number of carbonyl (C=O) groups is 1. The number of rotatable bonds is 10. The van der Waals surface area contributed by atoms with E-state index in [2.05, 4.69) is 20.9 Å². The number of nitrogens with one attached hydrogen (secondary N) is 3. The zero-order chi connectivity index (χ0) is 21.1. The van der Waals surface area contributed by atoms with Gasteiger partial charge >= 0.3 is 0 Å². The van der Waals surface area contributed by atoms with Crippen molar-refractivity contribution < 1.29 is 13.9 Å². The first-order chi connectivity index (χ1) is 13.9. The topological polar surface area (TPSA) is 87.9 Å². The lowest BCUT2D eigenvalue weighted by molar-refractivity contribution is -0.128. The summed E-state index contributed by atoms with van der Waals surface area (Å²) < 4.78 is 10.6. The van der Waals surface area contributed by atoms with Gasteiger partial charge in [0.25, 0.3) is 0 Å². The number of furan rings is 1. The van der Waals surface area contributed by atoms with Gasteiger partial charge in [0.2, 0.25) is 5.91 Å². The number of ether oxygens (including phenoxy) is 1. The molecule has 0 atom stereocenters. The van der Waals surface area contributed by atoms with Crippen LogP contribution in [0, 0.1) is 5.41 Å². The van der Waals surface area contributed by atoms with E-state index in [4.69, 9.17) is 9.15 Å². The molecule has 0 aliphatic rings. The van der Waals surface area contributed by atoms with Crippen molar-refractivity contribution in [1.82, 2.24) is 16.0 Å². The van der Waals surface area contributed by atoms with Gasteiger partial charge in [-0.3, -0.25) is 4.79 Å². The summed E-state index contributed by atoms with van der Waals surface area (Å²) in [7, 11) is 1.65. The third-order valence-electron chi connectivity index (χ3n) is 4.47. The second-order valence-corrected chi connectivity index (χ2v) is 7.37. The number of nitrogens with zero attached hydrogens (tertiary/aromatic N) is 1. The summed E-state index contributed by atoms with van der Waals surface area (Å²) in [5, 5.41) is 9.49. The molecular formula is C22H33IN4O3. The summed E-state index contributed by atoms with van der Waals surface area (Å²) in [6.07, 6.45) is 2.41. The van der Waals surface area contributed by atoms with Crippen molar-refractivity contribution in [2.24, 2.45) is 10.4 Å². The van der Waals surface area contributed by atoms with Crippen LogP contribution in [0.5, 0.6) is 5.75 Å². The Labute approximate surface area is 196 Å². The second kappa shape index (κ2) is 13.1. The maximum absolute atomic E-state index is 12.3. The van der Waals surface area contributed by atoms with Gasteiger partial charge in [-0.25, -0.2) is 4.99 Å². The van der Waals surface area contributed by atoms with Crippen LogP contribution >= 0.6 is 24.0 Å². The van der Waals surface area contributed by atoms with Crippen LogP contribution in [0.4, 0.5) is 0 Å². The monoisotopic (exact) mass is 528 g/mol. The van der Waals surface area contributed by atoms with E-state index in [0.29, 0.717) is 32.1 Å². The summed E-state index contributed by atoms with van der Waals surface area (Å²) >= 11 is 0. The third-order valence-corrected chi connectivity index (χ3v) is 4.47. The molecule has 0 saturated carbocycles. The number of halogens is 1. The van der Waals surface area contributed by atoms with Gasteiger partial charge in [-0.2, -0.15) is 0 Å². The van der Waals surface area contributed by atoms with E-state index in [1.807, 2.05) is 57.2 Å². The number of benzene rings is 1. The SMILES string of the molecule is CCNC(=O)C(C)(C)CNC(=NCc1ccc(OC)cc1)NCCc1ccco1.I. The molecule has 2 rings (SSSR count). The third kappa shape index (κ3) is 8.64. The van der Waals surface area contributed by atoms with Gasteiger partial charge in [-0.1, -0.05) is 12.1 Å². The first-order valence-corrected chi connectivity index (χ1v) is 9.90. The molecule has 1 aromatic carbocycles. The highest BCUT2D eigenvalue weighted by Gasteiger charge is 2.27. The Balaban J connectivity index is 0.00000450. The molecule has 0 saturated heterocycles. The minimum atomic E-state index is -0.556. The van der Waals surface area contributed by atoms with Crippen molar-refractivity contribution in [1.29, 1.82) is 0 Å². The summed E-state index contributed by atoms with van der Waals surface area (Å²) in [6, 6.07) is 11.6. The molecule has 166 valence electrons. The highest BCUT2D eigenvalue weighted by Crippen LogP contribution is 2.14. The predicted molar refractivity (Wildman–Crippen MR) is 130 cm³/mol. The first-order valence-electron chi connectivity index (χ1n) is 9.90. The van der Waals surface area contributed by atoms with Gasteiger partial charge in [-0.15, -0.1) is 24.0 Å². The fourth-order valence-electron chi connectivity index (χ4n) is 2.62. The summed E-state index contributed by atoms with van der Waals surface area (Å²) in [5.74, 6) is 2.40. The van der Waals surface area contributed by atoms with Crippen LogP contribution in [0.2, 0.25) is 0 Å². The molecule has 3 N–H and O–H groups in total. The number of carbonyl (C=O) groups excluding carboxylic acids is 1. The Morgan fingerprint density at radius 3 is 2.47 bits per heavy atom. The van der Waals surface area contributed by atoms with Gasteiger partial charge < -0.3 is 25.1 Å². The Morgan fingerprint density at radius 1 is 1.13 bits per heavy atom. The predicted octanol–water partition coefficient (Wildman–Crippen LogP) is 3.35. The zero-order valence-corrected chi connectivity index (χ0v) is 20.5. The van der Waals surface area contributed by atoms with Gasteiger partial charge in [0.1, 0.15) is 11.5 Å². The van der Waals surface area contributed by atoms with Crippen LogP contribution < -0.4 is 20.7 Å². The van der Waals surface area contributed by atoms with E-state index in [-0.39, 0.29) is 29.9 Å². The normalized spacial score (nSPS) is 11.4. The van der Waals surface area contributed by atoms with Crippen molar-refractivity contribution in [3.05, 3.63) is 54.0 Å². The molecule has 1 amide bonds. The van der Waals surface area contributed by atoms with Crippen molar-refractivity contribution in [2.45, 2.75) is 33.7 Å². The molecule has 2 aromatic rings. The zero-order valence-electron chi connectivity index (χ0n) is 18.2. The molecule has 0 radical (unpaired) electrons. The van der Waals surface area contributed by atoms with Crippen LogP contribution in [-0.2, 0) is 17.8 Å². The number of methoxy groups -OCH3 is 1. The Kier molecular flexibility index (Phi) is 11.3. The first kappa shape index (κ1) is 25.8. The van der Waals surface area contributed by atoms with E-state index in [9.17, 15) is 4.79 Å². The molecule has 0 fully saturated rings. The van der Waals surface area contributed by atoms with Crippen LogP contribution in [0.3, 0.4) is 0 Å². The van der Waals surface area contributed by atoms with E-state index in [1.165, 1.54) is 0 Å². The van der Waals surface area contributed by atoms with Gasteiger partial charge in [0, 0.05) is 26.1 Å². The van der Waals surface area contributed by atoms with E-state index >= 15 is 0 Å². The maximum Gasteiger partial charge on any atom is 0.227 e. The standard InChI is InChI=1S/C22H32N4O3.HI/c1-5-23-20(27)22(2,3)16-26-21(24-13-12-19-7-6-14-29-19)25-15-17-8-10-18(28-4)11-9-17;/h6-11,14H,5,12-13,15-16H2,1-4H3,(H,23,27)(H2,24,25,26);1H. The lowest BCUT2D eigenvalue weighted by atomic mass is 9.92. The quantitative estimate of drug-likeness (QED) is 0.250. The van der Waals surface area contributed by atoms with E-state index in [0.717, 1.165) is 23.5 Å². The molecule has 1 heterocycles. The van der Waals surface area contributed by atoms with Crippen molar-refractivity contribution in [3.63, 3.8) is 0 Å². The van der Waals surface area contributed by atoms with Crippen molar-refractivity contribution in [2.75, 3.05) is 26.7 Å². The number of amides is 1. The second-order valence-electron chi connectivity index (χ2n) is 7.37. The Hall–Kier alpha value is -2.23. The molecular weight excluding hydrogens is 495 g/mol. The molecule has 0 unspecified atom stereocenters. The molecule has 0 aliphatic heterocycles. The molecule has 0 aliphatic carbocycles. The average molecular weight is 528 g/mol. The largest absolute Gasteiger partial charge is 0.497 e. The van der Waals surface area contributed by atoms with Crippen LogP contribution in [0.15, 0.2) is 52.1 Å². The molecule has 8 heteroatoms. The van der Waals surface area contributed by atoms with Crippen LogP contribution in [0.25, 0.3) is 0 Å². The number of aliphatic imine (C=N–C) groups is 1. The Bertz CT molecular complexity index is 774. The minimum Gasteiger partial charge on any atom is -0.497 e. The van der Waals surface area contributed by atoms with E-state index in [1.54, 1.807) is 13.4 Å². The fraction of sp³-hybridized carbons (Fsp3) is 0.455. The molecule has 0 bridgehead atoms. The average Bonchev–Trinajstić information content (AvgIpc) is 3.23. The van der Waals surface area contributed by atoms with Gasteiger partial charge in [0.15, 0.2) is 5.96 Å². The lowest BCUT2D eigenvalue weighted by Gasteiger charge is -2.25. The summed E-state index contributed by atoms with van der Waals surface area (Å²) in [6.45, 7) is 8.00. The maximum atomic E-state index is 12.3. The van der Waals surface area contributed by atoms with Crippen molar-refractivity contribution >= 4 is 35.8 Å². The molecule has 7 nitrogen and oxygen atoms in total. The van der Waals surface area contributed by atoms with Crippen molar-refractivity contribution in [3.8, 4) is 5.75 Å². The van der Waals surface area contributed by atoms with E-state index < -0.39 is 5.41 Å². The number of guanidine groups is 1.